The van der Waals surface area contributed by atoms with Gasteiger partial charge in [0.15, 0.2) is 5.69 Å². The van der Waals surface area contributed by atoms with Crippen LogP contribution in [0.2, 0.25) is 0 Å². The standard InChI is InChI=1S/C18H27N3O3/c1-12-11-14-15(13(2)24-12)19-20-16(14)17(22)21-8-6-18(7-9-21)5-3-4-10-23-18/h12-13H,3-11H2,1-2H3,(H,19,20)/t12-,13+/m1/s1. The summed E-state index contributed by atoms with van der Waals surface area (Å²) in [4.78, 5) is 14.9. The molecule has 0 radical (unpaired) electrons. The third kappa shape index (κ3) is 2.75. The number of H-pyrrole nitrogens is 1. The van der Waals surface area contributed by atoms with E-state index in [9.17, 15) is 4.79 Å². The summed E-state index contributed by atoms with van der Waals surface area (Å²) in [6, 6.07) is 0. The van der Waals surface area contributed by atoms with Gasteiger partial charge in [-0.3, -0.25) is 9.89 Å². The number of fused-ring (bicyclic) bond motifs is 1. The number of carbonyl (C=O) groups excluding carboxylic acids is 1. The zero-order valence-corrected chi connectivity index (χ0v) is 14.6. The Morgan fingerprint density at radius 1 is 1.25 bits per heavy atom. The predicted molar refractivity (Wildman–Crippen MR) is 88.9 cm³/mol. The van der Waals surface area contributed by atoms with Gasteiger partial charge in [0.25, 0.3) is 5.91 Å². The monoisotopic (exact) mass is 333 g/mol. The fourth-order valence-corrected chi connectivity index (χ4v) is 4.42. The number of nitrogens with zero attached hydrogens (tertiary/aromatic N) is 2. The fraction of sp³-hybridized carbons (Fsp3) is 0.778. The van der Waals surface area contributed by atoms with E-state index in [1.807, 2.05) is 18.7 Å². The minimum Gasteiger partial charge on any atom is -0.375 e. The summed E-state index contributed by atoms with van der Waals surface area (Å²) in [7, 11) is 0. The van der Waals surface area contributed by atoms with Gasteiger partial charge in [-0.1, -0.05) is 0 Å². The molecular weight excluding hydrogens is 306 g/mol. The van der Waals surface area contributed by atoms with Crippen LogP contribution < -0.4 is 0 Å². The van der Waals surface area contributed by atoms with E-state index in [1.54, 1.807) is 0 Å². The summed E-state index contributed by atoms with van der Waals surface area (Å²) in [5.41, 5.74) is 2.62. The zero-order valence-electron chi connectivity index (χ0n) is 14.6. The Hall–Kier alpha value is -1.40. The first-order valence-corrected chi connectivity index (χ1v) is 9.24. The van der Waals surface area contributed by atoms with Gasteiger partial charge >= 0.3 is 0 Å². The van der Waals surface area contributed by atoms with Gasteiger partial charge in [0, 0.05) is 31.7 Å². The molecule has 6 heteroatoms. The SMILES string of the molecule is C[C@@H]1Cc2c(C(=O)N3CCC4(CCCCO4)CC3)n[nH]c2[C@H](C)O1. The lowest BCUT2D eigenvalue weighted by atomic mass is 9.84. The van der Waals surface area contributed by atoms with E-state index in [4.69, 9.17) is 9.47 Å². The summed E-state index contributed by atoms with van der Waals surface area (Å²) in [5.74, 6) is 0.0551. The number of hydrogen-bond acceptors (Lipinski definition) is 4. The Balaban J connectivity index is 1.48. The van der Waals surface area contributed by atoms with Crippen molar-refractivity contribution in [2.45, 2.75) is 70.2 Å². The first kappa shape index (κ1) is 16.1. The number of nitrogens with one attached hydrogen (secondary N) is 1. The van der Waals surface area contributed by atoms with Crippen LogP contribution in [-0.2, 0) is 15.9 Å². The van der Waals surface area contributed by atoms with Gasteiger partial charge < -0.3 is 14.4 Å². The maximum atomic E-state index is 13.0. The molecule has 2 fully saturated rings. The number of aromatic nitrogens is 2. The summed E-state index contributed by atoms with van der Waals surface area (Å²) in [6.45, 7) is 6.46. The van der Waals surface area contributed by atoms with Crippen LogP contribution in [0.5, 0.6) is 0 Å². The number of piperidine rings is 1. The second-order valence-corrected chi connectivity index (χ2v) is 7.54. The van der Waals surface area contributed by atoms with Gasteiger partial charge in [-0.2, -0.15) is 5.10 Å². The summed E-state index contributed by atoms with van der Waals surface area (Å²) in [5, 5.41) is 7.36. The van der Waals surface area contributed by atoms with E-state index in [1.165, 1.54) is 12.8 Å². The maximum absolute atomic E-state index is 13.0. The molecule has 4 heterocycles. The van der Waals surface area contributed by atoms with Gasteiger partial charge in [-0.05, 0) is 46.0 Å². The van der Waals surface area contributed by atoms with Gasteiger partial charge in [0.05, 0.1) is 23.5 Å². The molecule has 0 unspecified atom stereocenters. The normalized spacial score (nSPS) is 29.5. The molecule has 0 bridgehead atoms. The highest BCUT2D eigenvalue weighted by Crippen LogP contribution is 2.36. The highest BCUT2D eigenvalue weighted by Gasteiger charge is 2.39. The molecule has 3 aliphatic rings. The largest absolute Gasteiger partial charge is 0.375 e. The zero-order chi connectivity index (χ0) is 16.7. The molecule has 0 aliphatic carbocycles. The average Bonchev–Trinajstić information content (AvgIpc) is 3.00. The summed E-state index contributed by atoms with van der Waals surface area (Å²) >= 11 is 0. The Bertz CT molecular complexity index is 611. The second kappa shape index (κ2) is 6.15. The molecular formula is C18H27N3O3. The molecule has 132 valence electrons. The highest BCUT2D eigenvalue weighted by molar-refractivity contribution is 5.94. The van der Waals surface area contributed by atoms with Crippen LogP contribution in [0.4, 0.5) is 0 Å². The molecule has 1 aromatic heterocycles. The average molecular weight is 333 g/mol. The molecule has 0 saturated carbocycles. The topological polar surface area (TPSA) is 67.5 Å². The number of rotatable bonds is 1. The molecule has 0 aromatic carbocycles. The molecule has 3 aliphatic heterocycles. The lowest BCUT2D eigenvalue weighted by Crippen LogP contribution is -2.49. The van der Waals surface area contributed by atoms with Crippen molar-refractivity contribution in [3.63, 3.8) is 0 Å². The van der Waals surface area contributed by atoms with Crippen molar-refractivity contribution in [3.8, 4) is 0 Å². The lowest BCUT2D eigenvalue weighted by Gasteiger charge is -2.43. The molecule has 1 amide bonds. The maximum Gasteiger partial charge on any atom is 0.274 e. The van der Waals surface area contributed by atoms with E-state index >= 15 is 0 Å². The molecule has 2 atom stereocenters. The van der Waals surface area contributed by atoms with Crippen molar-refractivity contribution in [2.75, 3.05) is 19.7 Å². The first-order chi connectivity index (χ1) is 11.6. The third-order valence-corrected chi connectivity index (χ3v) is 5.83. The van der Waals surface area contributed by atoms with E-state index in [-0.39, 0.29) is 23.7 Å². The molecule has 1 N–H and O–H groups in total. The minimum atomic E-state index is -0.0296. The van der Waals surface area contributed by atoms with Crippen molar-refractivity contribution in [2.24, 2.45) is 0 Å². The number of ether oxygens (including phenoxy) is 2. The van der Waals surface area contributed by atoms with E-state index in [0.717, 1.165) is 56.6 Å². The molecule has 4 rings (SSSR count). The summed E-state index contributed by atoms with van der Waals surface area (Å²) < 4.78 is 11.9. The van der Waals surface area contributed by atoms with Gasteiger partial charge in [0.1, 0.15) is 0 Å². The number of carbonyl (C=O) groups is 1. The summed E-state index contributed by atoms with van der Waals surface area (Å²) in [6.07, 6.45) is 6.29. The molecule has 6 nitrogen and oxygen atoms in total. The third-order valence-electron chi connectivity index (χ3n) is 5.83. The van der Waals surface area contributed by atoms with Crippen LogP contribution >= 0.6 is 0 Å². The minimum absolute atomic E-state index is 0.0247. The van der Waals surface area contributed by atoms with Gasteiger partial charge in [-0.15, -0.1) is 0 Å². The van der Waals surface area contributed by atoms with Crippen LogP contribution in [0, 0.1) is 0 Å². The van der Waals surface area contributed by atoms with Gasteiger partial charge in [-0.25, -0.2) is 0 Å². The van der Waals surface area contributed by atoms with Crippen LogP contribution in [-0.4, -0.2) is 52.4 Å². The Morgan fingerprint density at radius 3 is 2.75 bits per heavy atom. The predicted octanol–water partition coefficient (Wildman–Crippen LogP) is 2.61. The van der Waals surface area contributed by atoms with E-state index in [0.29, 0.717) is 5.69 Å². The van der Waals surface area contributed by atoms with Crippen LogP contribution in [0.3, 0.4) is 0 Å². The number of amides is 1. The number of hydrogen-bond donors (Lipinski definition) is 1. The second-order valence-electron chi connectivity index (χ2n) is 7.54. The van der Waals surface area contributed by atoms with Crippen molar-refractivity contribution in [3.05, 3.63) is 17.0 Å². The van der Waals surface area contributed by atoms with Gasteiger partial charge in [0.2, 0.25) is 0 Å². The Labute approximate surface area is 142 Å². The molecule has 1 aromatic rings. The Kier molecular flexibility index (Phi) is 4.12. The Morgan fingerprint density at radius 2 is 2.04 bits per heavy atom. The highest BCUT2D eigenvalue weighted by atomic mass is 16.5. The molecule has 2 saturated heterocycles. The van der Waals surface area contributed by atoms with Crippen molar-refractivity contribution >= 4 is 5.91 Å². The van der Waals surface area contributed by atoms with Crippen LogP contribution in [0.25, 0.3) is 0 Å². The molecule has 1 spiro atoms. The number of likely N-dealkylation sites (tertiary alicyclic amines) is 1. The fourth-order valence-electron chi connectivity index (χ4n) is 4.42. The number of aromatic amines is 1. The smallest absolute Gasteiger partial charge is 0.274 e. The van der Waals surface area contributed by atoms with Crippen molar-refractivity contribution in [1.29, 1.82) is 0 Å². The van der Waals surface area contributed by atoms with Crippen LogP contribution in [0.15, 0.2) is 0 Å². The van der Waals surface area contributed by atoms with Crippen LogP contribution in [0.1, 0.15) is 73.8 Å². The quantitative estimate of drug-likeness (QED) is 0.858. The first-order valence-electron chi connectivity index (χ1n) is 9.24. The van der Waals surface area contributed by atoms with Crippen molar-refractivity contribution in [1.82, 2.24) is 15.1 Å². The van der Waals surface area contributed by atoms with E-state index < -0.39 is 0 Å². The lowest BCUT2D eigenvalue weighted by molar-refractivity contribution is -0.107. The van der Waals surface area contributed by atoms with Crippen molar-refractivity contribution < 1.29 is 14.3 Å². The molecule has 24 heavy (non-hydrogen) atoms. The van der Waals surface area contributed by atoms with E-state index in [2.05, 4.69) is 10.2 Å².